The third kappa shape index (κ3) is 2.05. The molecule has 0 spiro atoms. The Labute approximate surface area is 77.0 Å². The monoisotopic (exact) mass is 182 g/mol. The molecule has 0 bridgehead atoms. The molecular formula is C9H14N2S. The van der Waals surface area contributed by atoms with Crippen LogP contribution in [0.2, 0.25) is 0 Å². The SMILES string of the molecule is c1csc(CNC2CCCC2)n1. The first-order chi connectivity index (χ1) is 5.95. The highest BCUT2D eigenvalue weighted by atomic mass is 32.1. The molecule has 1 aromatic heterocycles. The molecule has 2 nitrogen and oxygen atoms in total. The van der Waals surface area contributed by atoms with Crippen LogP contribution in [0.5, 0.6) is 0 Å². The molecular weight excluding hydrogens is 168 g/mol. The summed E-state index contributed by atoms with van der Waals surface area (Å²) < 4.78 is 0. The molecule has 1 heterocycles. The van der Waals surface area contributed by atoms with E-state index in [1.807, 2.05) is 11.6 Å². The van der Waals surface area contributed by atoms with E-state index in [4.69, 9.17) is 0 Å². The van der Waals surface area contributed by atoms with Crippen LogP contribution in [0.1, 0.15) is 30.7 Å². The highest BCUT2D eigenvalue weighted by Crippen LogP contribution is 2.18. The maximum atomic E-state index is 4.23. The van der Waals surface area contributed by atoms with Gasteiger partial charge in [0, 0.05) is 24.2 Å². The molecule has 0 saturated heterocycles. The molecule has 12 heavy (non-hydrogen) atoms. The summed E-state index contributed by atoms with van der Waals surface area (Å²) in [5.74, 6) is 0. The van der Waals surface area contributed by atoms with Crippen LogP contribution in [-0.4, -0.2) is 11.0 Å². The number of thiazole rings is 1. The number of hydrogen-bond acceptors (Lipinski definition) is 3. The average Bonchev–Trinajstić information content (AvgIpc) is 2.74. The Morgan fingerprint density at radius 3 is 3.00 bits per heavy atom. The molecule has 66 valence electrons. The highest BCUT2D eigenvalue weighted by molar-refractivity contribution is 7.09. The first-order valence-electron chi connectivity index (χ1n) is 4.57. The van der Waals surface area contributed by atoms with Crippen LogP contribution in [-0.2, 0) is 6.54 Å². The zero-order valence-electron chi connectivity index (χ0n) is 7.12. The lowest BCUT2D eigenvalue weighted by Crippen LogP contribution is -2.25. The van der Waals surface area contributed by atoms with E-state index < -0.39 is 0 Å². The minimum Gasteiger partial charge on any atom is -0.308 e. The maximum Gasteiger partial charge on any atom is 0.106 e. The van der Waals surface area contributed by atoms with E-state index in [-0.39, 0.29) is 0 Å². The van der Waals surface area contributed by atoms with Gasteiger partial charge in [0.05, 0.1) is 0 Å². The van der Waals surface area contributed by atoms with Gasteiger partial charge in [-0.15, -0.1) is 11.3 Å². The maximum absolute atomic E-state index is 4.23. The lowest BCUT2D eigenvalue weighted by Gasteiger charge is -2.09. The van der Waals surface area contributed by atoms with E-state index in [0.717, 1.165) is 12.6 Å². The molecule has 3 heteroatoms. The smallest absolute Gasteiger partial charge is 0.106 e. The molecule has 1 aliphatic carbocycles. The van der Waals surface area contributed by atoms with Gasteiger partial charge < -0.3 is 5.32 Å². The van der Waals surface area contributed by atoms with Crippen LogP contribution in [0.4, 0.5) is 0 Å². The minimum atomic E-state index is 0.758. The predicted molar refractivity (Wildman–Crippen MR) is 51.2 cm³/mol. The first-order valence-corrected chi connectivity index (χ1v) is 5.45. The molecule has 0 amide bonds. The second kappa shape index (κ2) is 4.01. The van der Waals surface area contributed by atoms with Crippen LogP contribution >= 0.6 is 11.3 Å². The second-order valence-electron chi connectivity index (χ2n) is 3.29. The van der Waals surface area contributed by atoms with Gasteiger partial charge in [-0.25, -0.2) is 4.98 Å². The summed E-state index contributed by atoms with van der Waals surface area (Å²) in [6.07, 6.45) is 7.37. The van der Waals surface area contributed by atoms with Crippen molar-refractivity contribution in [1.29, 1.82) is 0 Å². The van der Waals surface area contributed by atoms with Crippen LogP contribution in [0.25, 0.3) is 0 Å². The molecule has 0 aromatic carbocycles. The summed E-state index contributed by atoms with van der Waals surface area (Å²) in [7, 11) is 0. The van der Waals surface area contributed by atoms with Crippen LogP contribution in [0, 0.1) is 0 Å². The fraction of sp³-hybridized carbons (Fsp3) is 0.667. The Morgan fingerprint density at radius 1 is 1.50 bits per heavy atom. The van der Waals surface area contributed by atoms with Crippen molar-refractivity contribution < 1.29 is 0 Å². The van der Waals surface area contributed by atoms with Crippen molar-refractivity contribution in [1.82, 2.24) is 10.3 Å². The Balaban J connectivity index is 1.74. The van der Waals surface area contributed by atoms with E-state index in [0.29, 0.717) is 0 Å². The van der Waals surface area contributed by atoms with E-state index in [2.05, 4.69) is 10.3 Å². The number of aromatic nitrogens is 1. The molecule has 0 aliphatic heterocycles. The molecule has 1 aliphatic rings. The van der Waals surface area contributed by atoms with Crippen molar-refractivity contribution in [3.63, 3.8) is 0 Å². The van der Waals surface area contributed by atoms with Gasteiger partial charge in [0.25, 0.3) is 0 Å². The van der Waals surface area contributed by atoms with Crippen molar-refractivity contribution >= 4 is 11.3 Å². The largest absolute Gasteiger partial charge is 0.308 e. The normalized spacial score (nSPS) is 18.7. The molecule has 1 saturated carbocycles. The lowest BCUT2D eigenvalue weighted by atomic mass is 10.2. The Kier molecular flexibility index (Phi) is 2.74. The van der Waals surface area contributed by atoms with Gasteiger partial charge in [-0.3, -0.25) is 0 Å². The summed E-state index contributed by atoms with van der Waals surface area (Å²) in [4.78, 5) is 4.23. The zero-order chi connectivity index (χ0) is 8.23. The Morgan fingerprint density at radius 2 is 2.33 bits per heavy atom. The predicted octanol–water partition coefficient (Wildman–Crippen LogP) is 2.18. The third-order valence-electron chi connectivity index (χ3n) is 2.38. The van der Waals surface area contributed by atoms with Gasteiger partial charge in [-0.2, -0.15) is 0 Å². The van der Waals surface area contributed by atoms with Gasteiger partial charge in [0.15, 0.2) is 0 Å². The molecule has 0 atom stereocenters. The fourth-order valence-electron chi connectivity index (χ4n) is 1.70. The topological polar surface area (TPSA) is 24.9 Å². The fourth-order valence-corrected chi connectivity index (χ4v) is 2.27. The van der Waals surface area contributed by atoms with Crippen molar-refractivity contribution in [2.24, 2.45) is 0 Å². The Hall–Kier alpha value is -0.410. The third-order valence-corrected chi connectivity index (χ3v) is 3.16. The standard InChI is InChI=1S/C9H14N2S/c1-2-4-8(3-1)11-7-9-10-5-6-12-9/h5-6,8,11H,1-4,7H2. The quantitative estimate of drug-likeness (QED) is 0.775. The summed E-state index contributed by atoms with van der Waals surface area (Å²) in [5, 5.41) is 6.78. The summed E-state index contributed by atoms with van der Waals surface area (Å²) >= 11 is 1.73. The van der Waals surface area contributed by atoms with Gasteiger partial charge >= 0.3 is 0 Å². The lowest BCUT2D eigenvalue weighted by molar-refractivity contribution is 0.523. The summed E-state index contributed by atoms with van der Waals surface area (Å²) in [5.41, 5.74) is 0. The van der Waals surface area contributed by atoms with E-state index in [9.17, 15) is 0 Å². The van der Waals surface area contributed by atoms with Gasteiger partial charge in [-0.1, -0.05) is 12.8 Å². The van der Waals surface area contributed by atoms with Crippen LogP contribution in [0.3, 0.4) is 0 Å². The van der Waals surface area contributed by atoms with Crippen molar-refractivity contribution in [2.75, 3.05) is 0 Å². The van der Waals surface area contributed by atoms with Crippen molar-refractivity contribution in [3.05, 3.63) is 16.6 Å². The molecule has 1 aromatic rings. The minimum absolute atomic E-state index is 0.758. The van der Waals surface area contributed by atoms with Gasteiger partial charge in [-0.05, 0) is 12.8 Å². The molecule has 0 unspecified atom stereocenters. The van der Waals surface area contributed by atoms with E-state index in [1.54, 1.807) is 11.3 Å². The summed E-state index contributed by atoms with van der Waals surface area (Å²) in [6.45, 7) is 0.961. The molecule has 2 rings (SSSR count). The van der Waals surface area contributed by atoms with Gasteiger partial charge in [0.1, 0.15) is 5.01 Å². The number of nitrogens with one attached hydrogen (secondary N) is 1. The molecule has 1 fully saturated rings. The average molecular weight is 182 g/mol. The number of hydrogen-bond donors (Lipinski definition) is 1. The number of nitrogens with zero attached hydrogens (tertiary/aromatic N) is 1. The second-order valence-corrected chi connectivity index (χ2v) is 4.27. The van der Waals surface area contributed by atoms with Crippen molar-refractivity contribution in [3.8, 4) is 0 Å². The van der Waals surface area contributed by atoms with Crippen molar-refractivity contribution in [2.45, 2.75) is 38.3 Å². The van der Waals surface area contributed by atoms with Crippen LogP contribution < -0.4 is 5.32 Å². The highest BCUT2D eigenvalue weighted by Gasteiger charge is 2.13. The van der Waals surface area contributed by atoms with Gasteiger partial charge in [0.2, 0.25) is 0 Å². The number of rotatable bonds is 3. The van der Waals surface area contributed by atoms with E-state index in [1.165, 1.54) is 30.7 Å². The van der Waals surface area contributed by atoms with E-state index >= 15 is 0 Å². The summed E-state index contributed by atoms with van der Waals surface area (Å²) in [6, 6.07) is 0.758. The van der Waals surface area contributed by atoms with Crippen LogP contribution in [0.15, 0.2) is 11.6 Å². The Bertz CT molecular complexity index is 214. The molecule has 1 N–H and O–H groups in total. The molecule has 0 radical (unpaired) electrons. The first kappa shape index (κ1) is 8.20. The zero-order valence-corrected chi connectivity index (χ0v) is 7.94.